The van der Waals surface area contributed by atoms with Gasteiger partial charge in [-0.1, -0.05) is 38.1 Å². The SMILES string of the molecule is CC(C)C(C)(C(=O)O)c1cccc(NC(=O)c2cccc(NC(=O)c3cccs3)c2)c1. The first-order valence-corrected chi connectivity index (χ1v) is 10.7. The van der Waals surface area contributed by atoms with E-state index in [1.807, 2.05) is 19.2 Å². The lowest BCUT2D eigenvalue weighted by Gasteiger charge is -2.30. The van der Waals surface area contributed by atoms with Crippen molar-refractivity contribution in [2.24, 2.45) is 5.92 Å². The zero-order chi connectivity index (χ0) is 22.6. The van der Waals surface area contributed by atoms with E-state index in [4.69, 9.17) is 0 Å². The average Bonchev–Trinajstić information content (AvgIpc) is 3.28. The number of benzene rings is 2. The van der Waals surface area contributed by atoms with E-state index in [0.29, 0.717) is 27.4 Å². The summed E-state index contributed by atoms with van der Waals surface area (Å²) in [5.74, 6) is -1.65. The number of carbonyl (C=O) groups excluding carboxylic acids is 2. The van der Waals surface area contributed by atoms with Gasteiger partial charge in [-0.2, -0.15) is 0 Å². The van der Waals surface area contributed by atoms with Crippen molar-refractivity contribution in [1.82, 2.24) is 0 Å². The highest BCUT2D eigenvalue weighted by atomic mass is 32.1. The summed E-state index contributed by atoms with van der Waals surface area (Å²) in [6, 6.07) is 17.1. The maximum absolute atomic E-state index is 12.8. The molecule has 2 aromatic carbocycles. The molecule has 1 heterocycles. The van der Waals surface area contributed by atoms with E-state index in [-0.39, 0.29) is 17.7 Å². The Morgan fingerprint density at radius 2 is 1.55 bits per heavy atom. The Hall–Kier alpha value is -3.45. The van der Waals surface area contributed by atoms with Crippen LogP contribution in [0, 0.1) is 5.92 Å². The molecule has 1 aromatic heterocycles. The highest BCUT2D eigenvalue weighted by Crippen LogP contribution is 2.33. The topological polar surface area (TPSA) is 95.5 Å². The Balaban J connectivity index is 1.78. The molecule has 0 aliphatic heterocycles. The number of carboxylic acids is 1. The molecule has 31 heavy (non-hydrogen) atoms. The molecule has 2 amide bonds. The summed E-state index contributed by atoms with van der Waals surface area (Å²) in [7, 11) is 0. The van der Waals surface area contributed by atoms with Gasteiger partial charge >= 0.3 is 5.97 Å². The van der Waals surface area contributed by atoms with E-state index >= 15 is 0 Å². The van der Waals surface area contributed by atoms with Crippen LogP contribution in [0.2, 0.25) is 0 Å². The van der Waals surface area contributed by atoms with E-state index in [0.717, 1.165) is 0 Å². The third-order valence-electron chi connectivity index (χ3n) is 5.45. The van der Waals surface area contributed by atoms with Gasteiger partial charge in [0.2, 0.25) is 0 Å². The monoisotopic (exact) mass is 436 g/mol. The van der Waals surface area contributed by atoms with Gasteiger partial charge in [-0.3, -0.25) is 14.4 Å². The second kappa shape index (κ2) is 9.14. The maximum Gasteiger partial charge on any atom is 0.314 e. The molecule has 6 nitrogen and oxygen atoms in total. The van der Waals surface area contributed by atoms with Crippen LogP contribution in [-0.2, 0) is 10.2 Å². The molecule has 1 atom stereocenters. The minimum absolute atomic E-state index is 0.139. The Morgan fingerprint density at radius 1 is 0.903 bits per heavy atom. The molecule has 7 heteroatoms. The lowest BCUT2D eigenvalue weighted by Crippen LogP contribution is -2.37. The number of carbonyl (C=O) groups is 3. The zero-order valence-corrected chi connectivity index (χ0v) is 18.3. The lowest BCUT2D eigenvalue weighted by molar-refractivity contribution is -0.145. The third kappa shape index (κ3) is 4.83. The summed E-state index contributed by atoms with van der Waals surface area (Å²) in [6.45, 7) is 5.39. The van der Waals surface area contributed by atoms with Crippen molar-refractivity contribution in [3.05, 3.63) is 82.0 Å². The van der Waals surface area contributed by atoms with Crippen LogP contribution in [0.25, 0.3) is 0 Å². The number of amides is 2. The molecule has 160 valence electrons. The molecular formula is C24H24N2O4S. The molecule has 3 N–H and O–H groups in total. The van der Waals surface area contributed by atoms with Gasteiger partial charge in [0.25, 0.3) is 11.8 Å². The minimum Gasteiger partial charge on any atom is -0.481 e. The van der Waals surface area contributed by atoms with Gasteiger partial charge in [0.15, 0.2) is 0 Å². The molecule has 0 saturated carbocycles. The summed E-state index contributed by atoms with van der Waals surface area (Å²) in [5.41, 5.74) is 0.929. The van der Waals surface area contributed by atoms with Crippen LogP contribution in [-0.4, -0.2) is 22.9 Å². The van der Waals surface area contributed by atoms with E-state index in [1.165, 1.54) is 11.3 Å². The first-order valence-electron chi connectivity index (χ1n) is 9.82. The van der Waals surface area contributed by atoms with Crippen LogP contribution in [0.5, 0.6) is 0 Å². The number of thiophene rings is 1. The predicted octanol–water partition coefficient (Wildman–Crippen LogP) is 5.25. The van der Waals surface area contributed by atoms with Gasteiger partial charge in [-0.25, -0.2) is 0 Å². The van der Waals surface area contributed by atoms with Crippen molar-refractivity contribution in [3.8, 4) is 0 Å². The van der Waals surface area contributed by atoms with Crippen LogP contribution in [0.4, 0.5) is 11.4 Å². The van der Waals surface area contributed by atoms with Gasteiger partial charge in [-0.15, -0.1) is 11.3 Å². The predicted molar refractivity (Wildman–Crippen MR) is 123 cm³/mol. The molecule has 3 rings (SSSR count). The van der Waals surface area contributed by atoms with Crippen molar-refractivity contribution in [3.63, 3.8) is 0 Å². The summed E-state index contributed by atoms with van der Waals surface area (Å²) >= 11 is 1.34. The number of aliphatic carboxylic acids is 1. The average molecular weight is 437 g/mol. The van der Waals surface area contributed by atoms with Crippen LogP contribution in [0.3, 0.4) is 0 Å². The maximum atomic E-state index is 12.8. The minimum atomic E-state index is -1.08. The summed E-state index contributed by atoms with van der Waals surface area (Å²) < 4.78 is 0. The first kappa shape index (κ1) is 22.2. The fraction of sp³-hybridized carbons (Fsp3) is 0.208. The summed E-state index contributed by atoms with van der Waals surface area (Å²) in [4.78, 5) is 37.5. The molecule has 0 fully saturated rings. The second-order valence-corrected chi connectivity index (χ2v) is 8.66. The van der Waals surface area contributed by atoms with Gasteiger partial charge in [0, 0.05) is 16.9 Å². The molecule has 0 bridgehead atoms. The highest BCUT2D eigenvalue weighted by Gasteiger charge is 2.38. The summed E-state index contributed by atoms with van der Waals surface area (Å²) in [5, 5.41) is 17.2. The quantitative estimate of drug-likeness (QED) is 0.471. The molecule has 0 spiro atoms. The Kier molecular flexibility index (Phi) is 6.56. The van der Waals surface area contributed by atoms with Gasteiger partial charge < -0.3 is 15.7 Å². The standard InChI is InChI=1S/C24H24N2O4S/c1-15(2)24(3,23(29)30)17-8-5-10-19(14-17)25-21(27)16-7-4-9-18(13-16)26-22(28)20-11-6-12-31-20/h4-15H,1-3H3,(H,25,27)(H,26,28)(H,29,30). The normalized spacial score (nSPS) is 12.8. The molecular weight excluding hydrogens is 412 g/mol. The number of hydrogen-bond acceptors (Lipinski definition) is 4. The number of hydrogen-bond donors (Lipinski definition) is 3. The first-order chi connectivity index (χ1) is 14.7. The molecule has 0 aliphatic carbocycles. The number of nitrogens with one attached hydrogen (secondary N) is 2. The number of anilines is 2. The Morgan fingerprint density at radius 3 is 2.16 bits per heavy atom. The number of rotatable bonds is 7. The van der Waals surface area contributed by atoms with E-state index in [9.17, 15) is 19.5 Å². The molecule has 1 unspecified atom stereocenters. The van der Waals surface area contributed by atoms with Crippen LogP contribution >= 0.6 is 11.3 Å². The van der Waals surface area contributed by atoms with Crippen molar-refractivity contribution in [2.45, 2.75) is 26.2 Å². The fourth-order valence-electron chi connectivity index (χ4n) is 3.17. The molecule has 0 aliphatic rings. The molecule has 0 radical (unpaired) electrons. The van der Waals surface area contributed by atoms with Gasteiger partial charge in [-0.05, 0) is 60.2 Å². The van der Waals surface area contributed by atoms with E-state index < -0.39 is 11.4 Å². The van der Waals surface area contributed by atoms with Crippen molar-refractivity contribution < 1.29 is 19.5 Å². The van der Waals surface area contributed by atoms with Gasteiger partial charge in [0.05, 0.1) is 10.3 Å². The highest BCUT2D eigenvalue weighted by molar-refractivity contribution is 7.12. The van der Waals surface area contributed by atoms with Crippen molar-refractivity contribution in [2.75, 3.05) is 10.6 Å². The molecule has 3 aromatic rings. The van der Waals surface area contributed by atoms with E-state index in [2.05, 4.69) is 10.6 Å². The lowest BCUT2D eigenvalue weighted by atomic mass is 9.73. The number of carboxylic acid groups (broad SMARTS) is 1. The Bertz CT molecular complexity index is 1110. The summed E-state index contributed by atoms with van der Waals surface area (Å²) in [6.07, 6.45) is 0. The van der Waals surface area contributed by atoms with Gasteiger partial charge in [0.1, 0.15) is 0 Å². The molecule has 0 saturated heterocycles. The smallest absolute Gasteiger partial charge is 0.314 e. The van der Waals surface area contributed by atoms with E-state index in [1.54, 1.807) is 67.6 Å². The second-order valence-electron chi connectivity index (χ2n) is 7.71. The largest absolute Gasteiger partial charge is 0.481 e. The third-order valence-corrected chi connectivity index (χ3v) is 6.32. The van der Waals surface area contributed by atoms with Crippen molar-refractivity contribution >= 4 is 40.5 Å². The Labute approximate surface area is 184 Å². The van der Waals surface area contributed by atoms with Crippen molar-refractivity contribution in [1.29, 1.82) is 0 Å². The van der Waals surface area contributed by atoms with Crippen LogP contribution in [0.1, 0.15) is 46.4 Å². The fourth-order valence-corrected chi connectivity index (χ4v) is 3.78. The van der Waals surface area contributed by atoms with Crippen LogP contribution < -0.4 is 10.6 Å². The zero-order valence-electron chi connectivity index (χ0n) is 17.5. The van der Waals surface area contributed by atoms with Crippen LogP contribution in [0.15, 0.2) is 66.0 Å².